The lowest BCUT2D eigenvalue weighted by Gasteiger charge is -2.41. The molecule has 3 rings (SSSR count). The number of carbonyl (C=O) groups is 5. The van der Waals surface area contributed by atoms with Gasteiger partial charge < -0.3 is 23.7 Å². The van der Waals surface area contributed by atoms with Gasteiger partial charge in [0.25, 0.3) is 0 Å². The van der Waals surface area contributed by atoms with Gasteiger partial charge in [0.05, 0.1) is 11.8 Å². The van der Waals surface area contributed by atoms with Gasteiger partial charge in [-0.05, 0) is 47.1 Å². The summed E-state index contributed by atoms with van der Waals surface area (Å²) in [5.41, 5.74) is -1.92. The highest BCUT2D eigenvalue weighted by Gasteiger charge is 2.69. The Hall–Kier alpha value is -3.17. The highest BCUT2D eigenvalue weighted by atomic mass is 16.6. The van der Waals surface area contributed by atoms with Crippen molar-refractivity contribution in [3.63, 3.8) is 0 Å². The van der Waals surface area contributed by atoms with E-state index in [2.05, 4.69) is 0 Å². The van der Waals surface area contributed by atoms with Crippen LogP contribution in [0.4, 0.5) is 0 Å². The number of hydrogen-bond acceptors (Lipinski definition) is 10. The summed E-state index contributed by atoms with van der Waals surface area (Å²) in [6.45, 7) is 14.4. The summed E-state index contributed by atoms with van der Waals surface area (Å²) in [5, 5.41) is 0. The average Bonchev–Trinajstić information content (AvgIpc) is 3.25. The van der Waals surface area contributed by atoms with E-state index >= 15 is 0 Å². The van der Waals surface area contributed by atoms with Crippen molar-refractivity contribution in [2.75, 3.05) is 0 Å². The van der Waals surface area contributed by atoms with Crippen LogP contribution in [0.1, 0.15) is 75.2 Å². The summed E-state index contributed by atoms with van der Waals surface area (Å²) in [4.78, 5) is 63.8. The first-order valence-corrected chi connectivity index (χ1v) is 13.4. The maximum absolute atomic E-state index is 13.3. The predicted molar refractivity (Wildman–Crippen MR) is 138 cm³/mol. The molecule has 0 bridgehead atoms. The summed E-state index contributed by atoms with van der Waals surface area (Å²) in [7, 11) is 0. The largest absolute Gasteiger partial charge is 0.461 e. The molecule has 3 aliphatic rings. The SMILES string of the molecule is C/C=C(/C)C(=O)O[C@@H]1C=C(C)[C@H]2[C@@H]3OC(=O)[C@@](C)(OC(C)=O)[C@@H]3[C@@H](OC(=O)[C@H](C)CC)C[C@](C)(OC(C)=O)[C@H]21. The van der Waals surface area contributed by atoms with Crippen LogP contribution in [0.2, 0.25) is 0 Å². The van der Waals surface area contributed by atoms with E-state index in [1.807, 2.05) is 13.8 Å². The molecule has 0 aromatic heterocycles. The van der Waals surface area contributed by atoms with Crippen LogP contribution in [0.15, 0.2) is 23.3 Å². The fraction of sp³-hybridized carbons (Fsp3) is 0.690. The Morgan fingerprint density at radius 1 is 1.08 bits per heavy atom. The van der Waals surface area contributed by atoms with Crippen LogP contribution >= 0.6 is 0 Å². The zero-order valence-electron chi connectivity index (χ0n) is 24.2. The zero-order chi connectivity index (χ0) is 29.4. The van der Waals surface area contributed by atoms with Crippen LogP contribution in [-0.2, 0) is 47.7 Å². The Morgan fingerprint density at radius 3 is 2.23 bits per heavy atom. The molecule has 0 spiro atoms. The summed E-state index contributed by atoms with van der Waals surface area (Å²) >= 11 is 0. The van der Waals surface area contributed by atoms with Gasteiger partial charge in [-0.15, -0.1) is 0 Å². The van der Waals surface area contributed by atoms with Gasteiger partial charge in [-0.25, -0.2) is 9.59 Å². The molecule has 0 radical (unpaired) electrons. The smallest absolute Gasteiger partial charge is 0.351 e. The number of ether oxygens (including phenoxy) is 5. The number of fused-ring (bicyclic) bond motifs is 3. The zero-order valence-corrected chi connectivity index (χ0v) is 24.2. The molecule has 216 valence electrons. The highest BCUT2D eigenvalue weighted by Crippen LogP contribution is 2.56. The first-order valence-electron chi connectivity index (χ1n) is 13.4. The molecule has 0 N–H and O–H groups in total. The number of esters is 5. The molecule has 9 atom stereocenters. The van der Waals surface area contributed by atoms with Gasteiger partial charge >= 0.3 is 29.8 Å². The summed E-state index contributed by atoms with van der Waals surface area (Å²) < 4.78 is 29.4. The van der Waals surface area contributed by atoms with E-state index in [0.29, 0.717) is 12.0 Å². The van der Waals surface area contributed by atoms with Crippen LogP contribution in [0.3, 0.4) is 0 Å². The van der Waals surface area contributed by atoms with Gasteiger partial charge in [-0.1, -0.05) is 25.5 Å². The summed E-state index contributed by atoms with van der Waals surface area (Å²) in [5.74, 6) is -5.69. The fourth-order valence-electron chi connectivity index (χ4n) is 6.28. The predicted octanol–water partition coefficient (Wildman–Crippen LogP) is 3.60. The molecular weight excluding hydrogens is 508 g/mol. The van der Waals surface area contributed by atoms with Crippen molar-refractivity contribution < 1.29 is 47.7 Å². The molecule has 0 aromatic rings. The summed E-state index contributed by atoms with van der Waals surface area (Å²) in [6.07, 6.45) is 1.12. The van der Waals surface area contributed by atoms with Crippen LogP contribution in [-0.4, -0.2) is 59.4 Å². The third-order valence-electron chi connectivity index (χ3n) is 8.41. The van der Waals surface area contributed by atoms with Crippen molar-refractivity contribution in [3.8, 4) is 0 Å². The van der Waals surface area contributed by atoms with Crippen LogP contribution in [0, 0.1) is 23.7 Å². The Balaban J connectivity index is 2.21. The molecule has 10 nitrogen and oxygen atoms in total. The standard InChI is InChI=1S/C29H40O10/c1-10-14(3)25(32)35-19-12-16(5)21-22(19)28(8,38-17(6)30)13-20(36-26(33)15(4)11-2)23-24(21)37-27(34)29(23,9)39-18(7)31/h10,12,15,19-24H,11,13H2,1-9H3/b14-10-/t15-,19-,20+,21-,22+,23-,24+,28+,29+/m1/s1. The molecule has 1 aliphatic heterocycles. The van der Waals surface area contributed by atoms with Crippen LogP contribution in [0.5, 0.6) is 0 Å². The lowest BCUT2D eigenvalue weighted by molar-refractivity contribution is -0.187. The number of carbonyl (C=O) groups excluding carboxylic acids is 5. The Bertz CT molecular complexity index is 1110. The van der Waals surface area contributed by atoms with Crippen molar-refractivity contribution >= 4 is 29.8 Å². The van der Waals surface area contributed by atoms with Crippen molar-refractivity contribution in [1.29, 1.82) is 0 Å². The number of allylic oxidation sites excluding steroid dienone is 1. The molecular formula is C29H40O10. The molecule has 1 heterocycles. The molecule has 10 heteroatoms. The lowest BCUT2D eigenvalue weighted by Crippen LogP contribution is -2.51. The summed E-state index contributed by atoms with van der Waals surface area (Å²) in [6, 6.07) is 0. The molecule has 0 unspecified atom stereocenters. The second-order valence-corrected chi connectivity index (χ2v) is 11.3. The van der Waals surface area contributed by atoms with E-state index in [4.69, 9.17) is 23.7 Å². The van der Waals surface area contributed by atoms with Crippen molar-refractivity contribution in [1.82, 2.24) is 0 Å². The third kappa shape index (κ3) is 5.61. The maximum atomic E-state index is 13.3. The first kappa shape index (κ1) is 30.4. The van der Waals surface area contributed by atoms with Gasteiger partial charge in [0.2, 0.25) is 5.60 Å². The minimum Gasteiger partial charge on any atom is -0.461 e. The van der Waals surface area contributed by atoms with Gasteiger partial charge in [0, 0.05) is 37.7 Å². The average molecular weight is 549 g/mol. The number of rotatable bonds is 7. The molecule has 1 saturated carbocycles. The van der Waals surface area contributed by atoms with Crippen molar-refractivity contribution in [3.05, 3.63) is 23.3 Å². The highest BCUT2D eigenvalue weighted by molar-refractivity contribution is 5.88. The Morgan fingerprint density at radius 2 is 1.69 bits per heavy atom. The van der Waals surface area contributed by atoms with E-state index in [1.54, 1.807) is 39.8 Å². The lowest BCUT2D eigenvalue weighted by atomic mass is 9.74. The topological polar surface area (TPSA) is 132 Å². The van der Waals surface area contributed by atoms with Crippen LogP contribution < -0.4 is 0 Å². The number of hydrogen-bond donors (Lipinski definition) is 0. The van der Waals surface area contributed by atoms with E-state index in [9.17, 15) is 24.0 Å². The molecule has 2 fully saturated rings. The Kier molecular flexibility index (Phi) is 8.67. The van der Waals surface area contributed by atoms with Gasteiger partial charge in [-0.2, -0.15) is 0 Å². The van der Waals surface area contributed by atoms with E-state index < -0.39 is 83.0 Å². The molecule has 0 aromatic carbocycles. The monoisotopic (exact) mass is 548 g/mol. The normalized spacial score (nSPS) is 36.4. The van der Waals surface area contributed by atoms with E-state index in [-0.39, 0.29) is 6.42 Å². The fourth-order valence-corrected chi connectivity index (χ4v) is 6.28. The maximum Gasteiger partial charge on any atom is 0.351 e. The minimum atomic E-state index is -1.76. The molecule has 2 aliphatic carbocycles. The van der Waals surface area contributed by atoms with E-state index in [1.165, 1.54) is 20.8 Å². The van der Waals surface area contributed by atoms with Gasteiger partial charge in [0.15, 0.2) is 0 Å². The second kappa shape index (κ2) is 11.1. The molecule has 39 heavy (non-hydrogen) atoms. The van der Waals surface area contributed by atoms with E-state index in [0.717, 1.165) is 5.57 Å². The van der Waals surface area contributed by atoms with Crippen LogP contribution in [0.25, 0.3) is 0 Å². The van der Waals surface area contributed by atoms with Crippen molar-refractivity contribution in [2.45, 2.75) is 105 Å². The Labute approximate surface area is 229 Å². The quantitative estimate of drug-likeness (QED) is 0.201. The molecule has 0 amide bonds. The first-order chi connectivity index (χ1) is 18.1. The third-order valence-corrected chi connectivity index (χ3v) is 8.41. The second-order valence-electron chi connectivity index (χ2n) is 11.3. The van der Waals surface area contributed by atoms with Gasteiger partial charge in [-0.3, -0.25) is 14.4 Å². The molecule has 1 saturated heterocycles. The minimum absolute atomic E-state index is 0.0393. The van der Waals surface area contributed by atoms with Crippen molar-refractivity contribution in [2.24, 2.45) is 23.7 Å². The van der Waals surface area contributed by atoms with Gasteiger partial charge in [0.1, 0.15) is 23.9 Å².